The standard InChI is InChI=1S/C35H23N3/c1-3-10-24(11-4-1)35(25-12-5-2-6-13-25)30-15-8-7-14-27(30)28-23-33-29(22-31(28)35)34-32(16-9-19-37-34)38(33)26-17-20-36-21-18-26/h1-23H. The van der Waals surface area contributed by atoms with Crippen LogP contribution in [0.4, 0.5) is 0 Å². The van der Waals surface area contributed by atoms with E-state index >= 15 is 0 Å². The summed E-state index contributed by atoms with van der Waals surface area (Å²) in [5.41, 5.74) is 11.6. The molecular formula is C35H23N3. The van der Waals surface area contributed by atoms with E-state index < -0.39 is 5.41 Å². The lowest BCUT2D eigenvalue weighted by Crippen LogP contribution is -2.28. The Morgan fingerprint density at radius 3 is 1.95 bits per heavy atom. The molecule has 3 nitrogen and oxygen atoms in total. The lowest BCUT2D eigenvalue weighted by atomic mass is 9.67. The maximum atomic E-state index is 4.89. The molecular weight excluding hydrogens is 462 g/mol. The number of hydrogen-bond acceptors (Lipinski definition) is 2. The molecule has 3 heterocycles. The minimum Gasteiger partial charge on any atom is -0.307 e. The van der Waals surface area contributed by atoms with Crippen molar-refractivity contribution in [1.29, 1.82) is 0 Å². The molecule has 0 fully saturated rings. The first-order chi connectivity index (χ1) is 18.9. The van der Waals surface area contributed by atoms with Crippen molar-refractivity contribution in [2.45, 2.75) is 5.41 Å². The van der Waals surface area contributed by atoms with Crippen molar-refractivity contribution in [2.75, 3.05) is 0 Å². The van der Waals surface area contributed by atoms with Crippen LogP contribution in [0.1, 0.15) is 22.3 Å². The molecule has 3 heteroatoms. The Morgan fingerprint density at radius 1 is 0.526 bits per heavy atom. The molecule has 7 aromatic rings. The van der Waals surface area contributed by atoms with E-state index in [1.54, 1.807) is 0 Å². The van der Waals surface area contributed by atoms with Gasteiger partial charge >= 0.3 is 0 Å². The van der Waals surface area contributed by atoms with Crippen LogP contribution in [0.2, 0.25) is 0 Å². The summed E-state index contributed by atoms with van der Waals surface area (Å²) in [6, 6.07) is 43.8. The average molecular weight is 486 g/mol. The molecule has 3 aromatic heterocycles. The van der Waals surface area contributed by atoms with Crippen molar-refractivity contribution in [3.63, 3.8) is 0 Å². The predicted molar refractivity (Wildman–Crippen MR) is 154 cm³/mol. The second-order valence-electron chi connectivity index (χ2n) is 9.85. The first kappa shape index (κ1) is 21.1. The van der Waals surface area contributed by atoms with E-state index in [0.29, 0.717) is 0 Å². The number of pyridine rings is 2. The fraction of sp³-hybridized carbons (Fsp3) is 0.0286. The molecule has 0 spiro atoms. The predicted octanol–water partition coefficient (Wildman–Crippen LogP) is 7.94. The number of aromatic nitrogens is 3. The molecule has 1 aliphatic carbocycles. The van der Waals surface area contributed by atoms with Crippen molar-refractivity contribution in [2.24, 2.45) is 0 Å². The van der Waals surface area contributed by atoms with Gasteiger partial charge in [0.05, 0.1) is 22.0 Å². The molecule has 0 bridgehead atoms. The highest BCUT2D eigenvalue weighted by molar-refractivity contribution is 6.10. The quantitative estimate of drug-likeness (QED) is 0.254. The maximum Gasteiger partial charge on any atom is 0.0963 e. The summed E-state index contributed by atoms with van der Waals surface area (Å²) in [5, 5.41) is 1.15. The van der Waals surface area contributed by atoms with Gasteiger partial charge in [0.15, 0.2) is 0 Å². The molecule has 0 aliphatic heterocycles. The SMILES string of the molecule is c1ccc(C2(c3ccccc3)c3ccccc3-c3cc4c(cc32)c2ncccc2n4-c2ccncc2)cc1. The summed E-state index contributed by atoms with van der Waals surface area (Å²) in [5.74, 6) is 0. The number of fused-ring (bicyclic) bond motifs is 6. The van der Waals surface area contributed by atoms with Crippen LogP contribution in [0, 0.1) is 0 Å². The summed E-state index contributed by atoms with van der Waals surface area (Å²) in [6.45, 7) is 0. The first-order valence-electron chi connectivity index (χ1n) is 12.9. The molecule has 178 valence electrons. The van der Waals surface area contributed by atoms with E-state index in [1.165, 1.54) is 33.4 Å². The van der Waals surface area contributed by atoms with Crippen LogP contribution in [-0.4, -0.2) is 14.5 Å². The summed E-state index contributed by atoms with van der Waals surface area (Å²) >= 11 is 0. The van der Waals surface area contributed by atoms with E-state index in [1.807, 2.05) is 24.7 Å². The number of nitrogens with zero attached hydrogens (tertiary/aromatic N) is 3. The fourth-order valence-electron chi connectivity index (χ4n) is 6.54. The van der Waals surface area contributed by atoms with Crippen molar-refractivity contribution in [3.05, 3.63) is 162 Å². The van der Waals surface area contributed by atoms with Gasteiger partial charge in [-0.2, -0.15) is 0 Å². The van der Waals surface area contributed by atoms with Gasteiger partial charge in [-0.1, -0.05) is 84.9 Å². The molecule has 38 heavy (non-hydrogen) atoms. The smallest absolute Gasteiger partial charge is 0.0963 e. The van der Waals surface area contributed by atoms with E-state index in [2.05, 4.69) is 125 Å². The zero-order valence-electron chi connectivity index (χ0n) is 20.6. The van der Waals surface area contributed by atoms with Crippen molar-refractivity contribution >= 4 is 21.9 Å². The van der Waals surface area contributed by atoms with E-state index in [-0.39, 0.29) is 0 Å². The summed E-state index contributed by atoms with van der Waals surface area (Å²) in [6.07, 6.45) is 5.59. The highest BCUT2D eigenvalue weighted by atomic mass is 15.0. The molecule has 4 aromatic carbocycles. The Hall–Kier alpha value is -5.02. The molecule has 0 atom stereocenters. The minimum absolute atomic E-state index is 0.428. The third-order valence-electron chi connectivity index (χ3n) is 8.02. The van der Waals surface area contributed by atoms with Crippen LogP contribution >= 0.6 is 0 Å². The fourth-order valence-corrected chi connectivity index (χ4v) is 6.54. The van der Waals surface area contributed by atoms with Crippen molar-refractivity contribution < 1.29 is 0 Å². The Balaban J connectivity index is 1.57. The Morgan fingerprint density at radius 2 is 1.21 bits per heavy atom. The highest BCUT2D eigenvalue weighted by Gasteiger charge is 2.46. The number of rotatable bonds is 3. The van der Waals surface area contributed by atoms with E-state index in [4.69, 9.17) is 4.98 Å². The molecule has 0 saturated heterocycles. The average Bonchev–Trinajstić information content (AvgIpc) is 3.48. The van der Waals surface area contributed by atoms with Gasteiger partial charge in [0.1, 0.15) is 0 Å². The van der Waals surface area contributed by atoms with Gasteiger partial charge in [-0.15, -0.1) is 0 Å². The van der Waals surface area contributed by atoms with E-state index in [0.717, 1.165) is 27.6 Å². The zero-order chi connectivity index (χ0) is 25.1. The summed E-state index contributed by atoms with van der Waals surface area (Å²) in [4.78, 5) is 9.15. The molecule has 1 aliphatic rings. The van der Waals surface area contributed by atoms with Gasteiger partial charge in [-0.05, 0) is 69.8 Å². The molecule has 8 rings (SSSR count). The van der Waals surface area contributed by atoms with E-state index in [9.17, 15) is 0 Å². The summed E-state index contributed by atoms with van der Waals surface area (Å²) < 4.78 is 2.31. The molecule has 0 N–H and O–H groups in total. The Labute approximate surface area is 220 Å². The van der Waals surface area contributed by atoms with Crippen LogP contribution in [0.25, 0.3) is 38.8 Å². The van der Waals surface area contributed by atoms with Gasteiger partial charge < -0.3 is 4.57 Å². The lowest BCUT2D eigenvalue weighted by Gasteiger charge is -2.33. The van der Waals surface area contributed by atoms with Crippen LogP contribution in [0.5, 0.6) is 0 Å². The van der Waals surface area contributed by atoms with Gasteiger partial charge in [0, 0.05) is 29.7 Å². The summed E-state index contributed by atoms with van der Waals surface area (Å²) in [7, 11) is 0. The molecule has 0 saturated carbocycles. The first-order valence-corrected chi connectivity index (χ1v) is 12.9. The Kier molecular flexibility index (Phi) is 4.44. The van der Waals surface area contributed by atoms with Crippen LogP contribution in [0.3, 0.4) is 0 Å². The molecule has 0 radical (unpaired) electrons. The van der Waals surface area contributed by atoms with Crippen LogP contribution in [0.15, 0.2) is 140 Å². The largest absolute Gasteiger partial charge is 0.307 e. The van der Waals surface area contributed by atoms with Gasteiger partial charge in [-0.25, -0.2) is 0 Å². The van der Waals surface area contributed by atoms with Crippen molar-refractivity contribution in [3.8, 4) is 16.8 Å². The van der Waals surface area contributed by atoms with Crippen LogP contribution in [-0.2, 0) is 5.41 Å². The van der Waals surface area contributed by atoms with Gasteiger partial charge in [0.25, 0.3) is 0 Å². The maximum absolute atomic E-state index is 4.89. The van der Waals surface area contributed by atoms with Crippen molar-refractivity contribution in [1.82, 2.24) is 14.5 Å². The second-order valence-corrected chi connectivity index (χ2v) is 9.85. The number of hydrogen-bond donors (Lipinski definition) is 0. The monoisotopic (exact) mass is 485 g/mol. The van der Waals surface area contributed by atoms with Gasteiger partial charge in [0.2, 0.25) is 0 Å². The lowest BCUT2D eigenvalue weighted by molar-refractivity contribution is 0.769. The normalized spacial score (nSPS) is 13.5. The second kappa shape index (κ2) is 7.99. The third kappa shape index (κ3) is 2.73. The minimum atomic E-state index is -0.428. The van der Waals surface area contributed by atoms with Crippen LogP contribution < -0.4 is 0 Å². The molecule has 0 unspecified atom stereocenters. The number of benzene rings is 4. The Bertz CT molecular complexity index is 1920. The van der Waals surface area contributed by atoms with Gasteiger partial charge in [-0.3, -0.25) is 9.97 Å². The topological polar surface area (TPSA) is 30.7 Å². The highest BCUT2D eigenvalue weighted by Crippen LogP contribution is 2.57. The zero-order valence-corrected chi connectivity index (χ0v) is 20.6. The molecule has 0 amide bonds. The third-order valence-corrected chi connectivity index (χ3v) is 8.02.